The van der Waals surface area contributed by atoms with Gasteiger partial charge in [0, 0.05) is 51.2 Å². The Kier molecular flexibility index (Phi) is 6.13. The molecule has 1 saturated carbocycles. The summed E-state index contributed by atoms with van der Waals surface area (Å²) in [5.41, 5.74) is 2.07. The highest BCUT2D eigenvalue weighted by atomic mass is 35.5. The van der Waals surface area contributed by atoms with Crippen LogP contribution in [-0.4, -0.2) is 52.3 Å². The fraction of sp³-hybridized carbons (Fsp3) is 0.429. The minimum atomic E-state index is -0.658. The first-order valence-corrected chi connectivity index (χ1v) is 13.4. The summed E-state index contributed by atoms with van der Waals surface area (Å²) in [6.45, 7) is 3.42. The lowest BCUT2D eigenvalue weighted by Crippen LogP contribution is -2.64. The molecule has 4 heterocycles. The predicted molar refractivity (Wildman–Crippen MR) is 143 cm³/mol. The molecule has 8 nitrogen and oxygen atoms in total. The van der Waals surface area contributed by atoms with Crippen LogP contribution in [0.2, 0.25) is 5.02 Å². The van der Waals surface area contributed by atoms with Crippen LogP contribution in [0.3, 0.4) is 0 Å². The Labute approximate surface area is 225 Å². The molecule has 0 bridgehead atoms. The smallest absolute Gasteiger partial charge is 0.253 e. The van der Waals surface area contributed by atoms with E-state index in [4.69, 9.17) is 11.6 Å². The zero-order chi connectivity index (χ0) is 26.6. The number of rotatable bonds is 5. The second-order valence-corrected chi connectivity index (χ2v) is 11.3. The number of carbonyl (C=O) groups is 2. The van der Waals surface area contributed by atoms with Crippen molar-refractivity contribution in [1.82, 2.24) is 20.1 Å². The Morgan fingerprint density at radius 1 is 1.18 bits per heavy atom. The normalized spacial score (nSPS) is 21.9. The summed E-state index contributed by atoms with van der Waals surface area (Å²) < 4.78 is 16.1. The van der Waals surface area contributed by atoms with Crippen LogP contribution in [0.15, 0.2) is 42.7 Å². The molecule has 198 valence electrons. The molecule has 10 heteroatoms. The third kappa shape index (κ3) is 4.22. The molecule has 2 aliphatic heterocycles. The molecule has 1 spiro atoms. The van der Waals surface area contributed by atoms with Crippen molar-refractivity contribution in [3.8, 4) is 0 Å². The number of hydrogen-bond donors (Lipinski definition) is 1. The standard InChI is InChI=1S/C28H30ClFN6O2/c1-17-22(11-19(29)13-31-17)26(37)32-21-6-3-18(4-7-21)14-36-24-12-20(30)5-8-23(24)28(27(36)38)15-35(16-28)25-9-10-34(2)33-25/h5,8-13,18,21H,3-4,6-7,14-16H2,1-2H3,(H,32,37)/t18-,21-. The Morgan fingerprint density at radius 2 is 1.95 bits per heavy atom. The molecular weight excluding hydrogens is 507 g/mol. The number of pyridine rings is 1. The van der Waals surface area contributed by atoms with Gasteiger partial charge in [-0.05, 0) is 62.3 Å². The van der Waals surface area contributed by atoms with Gasteiger partial charge in [-0.2, -0.15) is 5.10 Å². The summed E-state index contributed by atoms with van der Waals surface area (Å²) in [5, 5.41) is 8.02. The average Bonchev–Trinajstić information content (AvgIpc) is 3.39. The third-order valence-corrected chi connectivity index (χ3v) is 8.49. The van der Waals surface area contributed by atoms with Gasteiger partial charge in [0.15, 0.2) is 5.82 Å². The van der Waals surface area contributed by atoms with Crippen molar-refractivity contribution in [2.24, 2.45) is 13.0 Å². The van der Waals surface area contributed by atoms with Crippen molar-refractivity contribution in [3.63, 3.8) is 0 Å². The van der Waals surface area contributed by atoms with E-state index in [-0.39, 0.29) is 29.6 Å². The summed E-state index contributed by atoms with van der Waals surface area (Å²) in [6.07, 6.45) is 6.81. The first-order valence-electron chi connectivity index (χ1n) is 13.0. The molecular formula is C28H30ClFN6O2. The quantitative estimate of drug-likeness (QED) is 0.533. The van der Waals surface area contributed by atoms with E-state index in [1.54, 1.807) is 28.6 Å². The predicted octanol–water partition coefficient (Wildman–Crippen LogP) is 4.01. The van der Waals surface area contributed by atoms with E-state index in [9.17, 15) is 14.0 Å². The van der Waals surface area contributed by atoms with Crippen LogP contribution in [0, 0.1) is 18.7 Å². The summed E-state index contributed by atoms with van der Waals surface area (Å²) >= 11 is 6.03. The van der Waals surface area contributed by atoms with Crippen LogP contribution < -0.4 is 15.1 Å². The molecule has 38 heavy (non-hydrogen) atoms. The lowest BCUT2D eigenvalue weighted by atomic mass is 9.74. The number of anilines is 2. The molecule has 0 atom stereocenters. The fourth-order valence-corrected chi connectivity index (χ4v) is 6.35. The lowest BCUT2D eigenvalue weighted by molar-refractivity contribution is -0.124. The zero-order valence-corrected chi connectivity index (χ0v) is 22.2. The van der Waals surface area contributed by atoms with Crippen molar-refractivity contribution in [2.75, 3.05) is 29.4 Å². The van der Waals surface area contributed by atoms with Gasteiger partial charge >= 0.3 is 0 Å². The highest BCUT2D eigenvalue weighted by molar-refractivity contribution is 6.30. The monoisotopic (exact) mass is 536 g/mol. The van der Waals surface area contributed by atoms with E-state index >= 15 is 0 Å². The fourth-order valence-electron chi connectivity index (χ4n) is 6.19. The molecule has 2 aromatic heterocycles. The van der Waals surface area contributed by atoms with Crippen molar-refractivity contribution in [2.45, 2.75) is 44.1 Å². The second-order valence-electron chi connectivity index (χ2n) is 10.8. The molecule has 3 aliphatic rings. The third-order valence-electron chi connectivity index (χ3n) is 8.29. The summed E-state index contributed by atoms with van der Waals surface area (Å²) in [5.74, 6) is 0.669. The van der Waals surface area contributed by atoms with Gasteiger partial charge in [0.05, 0.1) is 22.0 Å². The highest BCUT2D eigenvalue weighted by Crippen LogP contribution is 2.49. The zero-order valence-electron chi connectivity index (χ0n) is 21.5. The topological polar surface area (TPSA) is 83.4 Å². The Hall–Kier alpha value is -3.46. The SMILES string of the molecule is Cc1ncc(Cl)cc1C(=O)N[C@H]1CC[C@H](CN2C(=O)C3(CN(c4ccn(C)n4)C3)c3ccc(F)cc32)CC1. The molecule has 6 rings (SSSR count). The second kappa shape index (κ2) is 9.38. The highest BCUT2D eigenvalue weighted by Gasteiger charge is 2.58. The molecule has 1 aromatic carbocycles. The number of hydrogen-bond acceptors (Lipinski definition) is 5. The molecule has 0 radical (unpaired) electrons. The number of aryl methyl sites for hydroxylation is 2. The minimum absolute atomic E-state index is 0.0460. The molecule has 2 fully saturated rings. The number of nitrogens with zero attached hydrogens (tertiary/aromatic N) is 5. The van der Waals surface area contributed by atoms with Gasteiger partial charge in [0.1, 0.15) is 11.2 Å². The van der Waals surface area contributed by atoms with E-state index in [2.05, 4.69) is 20.3 Å². The molecule has 0 unspecified atom stereocenters. The van der Waals surface area contributed by atoms with E-state index in [0.29, 0.717) is 41.6 Å². The van der Waals surface area contributed by atoms with Crippen LogP contribution in [0.25, 0.3) is 0 Å². The number of halogens is 2. The lowest BCUT2D eigenvalue weighted by Gasteiger charge is -2.47. The van der Waals surface area contributed by atoms with Crippen molar-refractivity contribution in [3.05, 3.63) is 70.4 Å². The first-order chi connectivity index (χ1) is 18.2. The van der Waals surface area contributed by atoms with Crippen LogP contribution in [0.5, 0.6) is 0 Å². The van der Waals surface area contributed by atoms with E-state index < -0.39 is 5.41 Å². The molecule has 3 aromatic rings. The van der Waals surface area contributed by atoms with Crippen molar-refractivity contribution >= 4 is 34.9 Å². The van der Waals surface area contributed by atoms with E-state index in [1.807, 2.05) is 19.3 Å². The van der Waals surface area contributed by atoms with Gasteiger partial charge in [-0.15, -0.1) is 0 Å². The minimum Gasteiger partial charge on any atom is -0.352 e. The largest absolute Gasteiger partial charge is 0.352 e. The maximum absolute atomic E-state index is 14.3. The van der Waals surface area contributed by atoms with Crippen LogP contribution in [-0.2, 0) is 17.3 Å². The van der Waals surface area contributed by atoms with Crippen LogP contribution >= 0.6 is 11.6 Å². The summed E-state index contributed by atoms with van der Waals surface area (Å²) in [4.78, 5) is 34.7. The Bertz CT molecular complexity index is 1410. The van der Waals surface area contributed by atoms with Crippen molar-refractivity contribution < 1.29 is 14.0 Å². The first kappa shape index (κ1) is 24.9. The number of fused-ring (bicyclic) bond motifs is 2. The van der Waals surface area contributed by atoms with Gasteiger partial charge < -0.3 is 15.1 Å². The Balaban J connectivity index is 1.12. The van der Waals surface area contributed by atoms with Crippen molar-refractivity contribution in [1.29, 1.82) is 0 Å². The van der Waals surface area contributed by atoms with Gasteiger partial charge in [0.2, 0.25) is 5.91 Å². The van der Waals surface area contributed by atoms with Crippen LogP contribution in [0.1, 0.15) is 47.3 Å². The maximum Gasteiger partial charge on any atom is 0.253 e. The average molecular weight is 537 g/mol. The number of carbonyl (C=O) groups excluding carboxylic acids is 2. The van der Waals surface area contributed by atoms with E-state index in [1.165, 1.54) is 18.3 Å². The molecule has 2 amide bonds. The Morgan fingerprint density at radius 3 is 2.66 bits per heavy atom. The van der Waals surface area contributed by atoms with Gasteiger partial charge in [-0.25, -0.2) is 4.39 Å². The summed E-state index contributed by atoms with van der Waals surface area (Å²) in [7, 11) is 1.87. The van der Waals surface area contributed by atoms with Gasteiger partial charge in [0.25, 0.3) is 5.91 Å². The van der Waals surface area contributed by atoms with Gasteiger partial charge in [-0.3, -0.25) is 19.3 Å². The van der Waals surface area contributed by atoms with Crippen LogP contribution in [0.4, 0.5) is 15.9 Å². The number of nitrogens with one attached hydrogen (secondary N) is 1. The number of amides is 2. The number of benzene rings is 1. The number of aromatic nitrogens is 3. The molecule has 1 saturated heterocycles. The molecule has 1 aliphatic carbocycles. The summed E-state index contributed by atoms with van der Waals surface area (Å²) in [6, 6.07) is 8.37. The van der Waals surface area contributed by atoms with E-state index in [0.717, 1.165) is 37.1 Å². The maximum atomic E-state index is 14.3. The molecule has 1 N–H and O–H groups in total. The van der Waals surface area contributed by atoms with Gasteiger partial charge in [-0.1, -0.05) is 17.7 Å².